The molecule has 1 heterocycles. The van der Waals surface area contributed by atoms with Crippen LogP contribution in [-0.4, -0.2) is 48.0 Å². The summed E-state index contributed by atoms with van der Waals surface area (Å²) in [5, 5.41) is 18.0. The molecule has 2 N–H and O–H groups in total. The molecule has 1 aromatic rings. The van der Waals surface area contributed by atoms with Gasteiger partial charge in [0.05, 0.1) is 23.6 Å². The minimum absolute atomic E-state index is 0.0157. The SMILES string of the molecule is CN(CCc1ccc(Cl)s1)C(CO)CO. The summed E-state index contributed by atoms with van der Waals surface area (Å²) in [6, 6.07) is 3.73. The van der Waals surface area contributed by atoms with Crippen LogP contribution in [0.25, 0.3) is 0 Å². The summed E-state index contributed by atoms with van der Waals surface area (Å²) in [5.74, 6) is 0. The fraction of sp³-hybridized carbons (Fsp3) is 0.600. The van der Waals surface area contributed by atoms with Crippen LogP contribution in [0.4, 0.5) is 0 Å². The van der Waals surface area contributed by atoms with Crippen molar-refractivity contribution in [2.75, 3.05) is 26.8 Å². The molecular weight excluding hydrogens is 234 g/mol. The molecule has 0 radical (unpaired) electrons. The first-order valence-electron chi connectivity index (χ1n) is 4.83. The zero-order valence-corrected chi connectivity index (χ0v) is 10.3. The molecule has 86 valence electrons. The van der Waals surface area contributed by atoms with E-state index in [4.69, 9.17) is 21.8 Å². The smallest absolute Gasteiger partial charge is 0.0931 e. The number of halogens is 1. The van der Waals surface area contributed by atoms with Gasteiger partial charge in [-0.1, -0.05) is 11.6 Å². The lowest BCUT2D eigenvalue weighted by Crippen LogP contribution is -2.38. The topological polar surface area (TPSA) is 43.7 Å². The first kappa shape index (κ1) is 12.9. The number of thiophene rings is 1. The molecule has 0 atom stereocenters. The third kappa shape index (κ3) is 4.09. The maximum atomic E-state index is 8.98. The molecule has 1 rings (SSSR count). The number of rotatable bonds is 6. The second-order valence-corrected chi connectivity index (χ2v) is 5.26. The molecule has 0 spiro atoms. The lowest BCUT2D eigenvalue weighted by atomic mass is 10.2. The normalized spacial score (nSPS) is 11.6. The molecule has 0 saturated heterocycles. The Morgan fingerprint density at radius 1 is 1.40 bits per heavy atom. The monoisotopic (exact) mass is 249 g/mol. The Kier molecular flexibility index (Phi) is 5.56. The van der Waals surface area contributed by atoms with Crippen LogP contribution in [0.5, 0.6) is 0 Å². The average molecular weight is 250 g/mol. The Morgan fingerprint density at radius 2 is 2.07 bits per heavy atom. The highest BCUT2D eigenvalue weighted by atomic mass is 35.5. The predicted octanol–water partition coefficient (Wildman–Crippen LogP) is 1.23. The van der Waals surface area contributed by atoms with E-state index < -0.39 is 0 Å². The fourth-order valence-corrected chi connectivity index (χ4v) is 2.37. The predicted molar refractivity (Wildman–Crippen MR) is 63.6 cm³/mol. The van der Waals surface area contributed by atoms with Crippen LogP contribution in [0.2, 0.25) is 4.34 Å². The van der Waals surface area contributed by atoms with Crippen molar-refractivity contribution in [2.45, 2.75) is 12.5 Å². The summed E-state index contributed by atoms with van der Waals surface area (Å²) in [4.78, 5) is 3.18. The van der Waals surface area contributed by atoms with E-state index in [0.29, 0.717) is 0 Å². The molecule has 0 aromatic carbocycles. The number of hydrogen-bond acceptors (Lipinski definition) is 4. The second-order valence-electron chi connectivity index (χ2n) is 3.46. The zero-order valence-electron chi connectivity index (χ0n) is 8.69. The molecule has 0 aliphatic carbocycles. The van der Waals surface area contributed by atoms with Gasteiger partial charge < -0.3 is 10.2 Å². The Labute approximate surface area is 98.9 Å². The second kappa shape index (κ2) is 6.45. The van der Waals surface area contributed by atoms with Gasteiger partial charge in [-0.25, -0.2) is 0 Å². The largest absolute Gasteiger partial charge is 0.395 e. The fourth-order valence-electron chi connectivity index (χ4n) is 1.29. The van der Waals surface area contributed by atoms with Gasteiger partial charge in [0.25, 0.3) is 0 Å². The quantitative estimate of drug-likeness (QED) is 0.797. The molecule has 0 aliphatic rings. The highest BCUT2D eigenvalue weighted by molar-refractivity contribution is 7.16. The van der Waals surface area contributed by atoms with Gasteiger partial charge in [-0.3, -0.25) is 4.90 Å². The van der Waals surface area contributed by atoms with Gasteiger partial charge in [0.1, 0.15) is 0 Å². The maximum absolute atomic E-state index is 8.98. The van der Waals surface area contributed by atoms with Gasteiger partial charge in [-0.15, -0.1) is 11.3 Å². The van der Waals surface area contributed by atoms with Gasteiger partial charge in [0.2, 0.25) is 0 Å². The molecule has 0 amide bonds. The molecule has 0 unspecified atom stereocenters. The van der Waals surface area contributed by atoms with Crippen molar-refractivity contribution >= 4 is 22.9 Å². The van der Waals surface area contributed by atoms with Gasteiger partial charge in [-0.05, 0) is 25.6 Å². The standard InChI is InChI=1S/C10H16ClNO2S/c1-12(8(6-13)7-14)5-4-9-2-3-10(11)15-9/h2-3,8,13-14H,4-7H2,1H3. The Morgan fingerprint density at radius 3 is 2.53 bits per heavy atom. The van der Waals surface area contributed by atoms with Crippen molar-refractivity contribution in [3.05, 3.63) is 21.3 Å². The van der Waals surface area contributed by atoms with E-state index in [1.165, 1.54) is 4.88 Å². The van der Waals surface area contributed by atoms with Crippen molar-refractivity contribution in [1.82, 2.24) is 4.90 Å². The van der Waals surface area contributed by atoms with Crippen molar-refractivity contribution in [3.8, 4) is 0 Å². The summed E-state index contributed by atoms with van der Waals surface area (Å²) in [5.41, 5.74) is 0. The van der Waals surface area contributed by atoms with Crippen molar-refractivity contribution in [3.63, 3.8) is 0 Å². The van der Waals surface area contributed by atoms with Crippen LogP contribution in [0.1, 0.15) is 4.88 Å². The van der Waals surface area contributed by atoms with E-state index in [2.05, 4.69) is 0 Å². The van der Waals surface area contributed by atoms with Gasteiger partial charge in [-0.2, -0.15) is 0 Å². The summed E-state index contributed by atoms with van der Waals surface area (Å²) >= 11 is 7.39. The Balaban J connectivity index is 2.36. The average Bonchev–Trinajstić information content (AvgIpc) is 2.63. The maximum Gasteiger partial charge on any atom is 0.0931 e. The van der Waals surface area contributed by atoms with Crippen LogP contribution in [0.3, 0.4) is 0 Å². The molecule has 0 bridgehead atoms. The number of hydrogen-bond donors (Lipinski definition) is 2. The zero-order chi connectivity index (χ0) is 11.3. The van der Waals surface area contributed by atoms with E-state index in [1.807, 2.05) is 24.1 Å². The van der Waals surface area contributed by atoms with E-state index in [-0.39, 0.29) is 19.3 Å². The van der Waals surface area contributed by atoms with Gasteiger partial charge in [0, 0.05) is 11.4 Å². The molecule has 0 fully saturated rings. The third-order valence-electron chi connectivity index (χ3n) is 2.38. The molecular formula is C10H16ClNO2S. The number of aliphatic hydroxyl groups excluding tert-OH is 2. The van der Waals surface area contributed by atoms with Crippen molar-refractivity contribution < 1.29 is 10.2 Å². The van der Waals surface area contributed by atoms with Crippen LogP contribution < -0.4 is 0 Å². The summed E-state index contributed by atoms with van der Waals surface area (Å²) in [6.45, 7) is 0.777. The van der Waals surface area contributed by atoms with E-state index >= 15 is 0 Å². The first-order valence-corrected chi connectivity index (χ1v) is 6.03. The molecule has 1 aromatic heterocycles. The summed E-state index contributed by atoms with van der Waals surface area (Å²) in [7, 11) is 1.90. The van der Waals surface area contributed by atoms with Gasteiger partial charge in [0.15, 0.2) is 0 Å². The number of nitrogens with zero attached hydrogens (tertiary/aromatic N) is 1. The van der Waals surface area contributed by atoms with Crippen LogP contribution in [0.15, 0.2) is 12.1 Å². The van der Waals surface area contributed by atoms with E-state index in [9.17, 15) is 0 Å². The highest BCUT2D eigenvalue weighted by Crippen LogP contribution is 2.21. The van der Waals surface area contributed by atoms with Crippen molar-refractivity contribution in [1.29, 1.82) is 0 Å². The summed E-state index contributed by atoms with van der Waals surface area (Å²) in [6.07, 6.45) is 0.893. The molecule has 0 aliphatic heterocycles. The van der Waals surface area contributed by atoms with Crippen molar-refractivity contribution in [2.24, 2.45) is 0 Å². The lowest BCUT2D eigenvalue weighted by Gasteiger charge is -2.24. The number of likely N-dealkylation sites (N-methyl/N-ethyl adjacent to an activating group) is 1. The molecule has 5 heteroatoms. The number of aliphatic hydroxyl groups is 2. The van der Waals surface area contributed by atoms with Crippen LogP contribution >= 0.6 is 22.9 Å². The van der Waals surface area contributed by atoms with E-state index in [0.717, 1.165) is 17.3 Å². The minimum atomic E-state index is -0.166. The highest BCUT2D eigenvalue weighted by Gasteiger charge is 2.12. The summed E-state index contributed by atoms with van der Waals surface area (Å²) < 4.78 is 0.800. The molecule has 0 saturated carbocycles. The Bertz CT molecular complexity index is 289. The lowest BCUT2D eigenvalue weighted by molar-refractivity contribution is 0.0926. The first-order chi connectivity index (χ1) is 7.17. The molecule has 3 nitrogen and oxygen atoms in total. The minimum Gasteiger partial charge on any atom is -0.395 e. The van der Waals surface area contributed by atoms with Crippen LogP contribution in [0, 0.1) is 0 Å². The third-order valence-corrected chi connectivity index (χ3v) is 3.68. The molecule has 15 heavy (non-hydrogen) atoms. The van der Waals surface area contributed by atoms with Gasteiger partial charge >= 0.3 is 0 Å². The van der Waals surface area contributed by atoms with E-state index in [1.54, 1.807) is 11.3 Å². The van der Waals surface area contributed by atoms with Crippen LogP contribution in [-0.2, 0) is 6.42 Å². The Hall–Kier alpha value is -0.130.